The second-order valence-electron chi connectivity index (χ2n) is 7.02. The van der Waals surface area contributed by atoms with Gasteiger partial charge in [-0.3, -0.25) is 9.88 Å². The summed E-state index contributed by atoms with van der Waals surface area (Å²) in [5.74, 6) is 0.371. The van der Waals surface area contributed by atoms with Crippen molar-refractivity contribution in [2.75, 3.05) is 19.7 Å². The van der Waals surface area contributed by atoms with Crippen molar-refractivity contribution in [1.82, 2.24) is 9.88 Å². The Morgan fingerprint density at radius 1 is 1.14 bits per heavy atom. The van der Waals surface area contributed by atoms with E-state index in [2.05, 4.69) is 20.7 Å². The molecule has 1 saturated heterocycles. The van der Waals surface area contributed by atoms with Gasteiger partial charge >= 0.3 is 6.61 Å². The predicted octanol–water partition coefficient (Wildman–Crippen LogP) is 3.90. The zero-order chi connectivity index (χ0) is 20.1. The van der Waals surface area contributed by atoms with Crippen LogP contribution >= 0.6 is 0 Å². The molecule has 0 radical (unpaired) electrons. The molecule has 2 aromatic rings. The summed E-state index contributed by atoms with van der Waals surface area (Å²) in [6.45, 7) is 2.97. The minimum absolute atomic E-state index is 0.0333. The SMILES string of the molecule is CCOc1cc(C(c2ccnc(C)c2)N2CCC(N)CC2)ccc1OC(F)F. The Balaban J connectivity index is 2.00. The number of likely N-dealkylation sites (tertiary alicyclic amines) is 1. The van der Waals surface area contributed by atoms with Gasteiger partial charge < -0.3 is 15.2 Å². The number of piperidine rings is 1. The smallest absolute Gasteiger partial charge is 0.387 e. The van der Waals surface area contributed by atoms with E-state index < -0.39 is 6.61 Å². The van der Waals surface area contributed by atoms with E-state index in [1.165, 1.54) is 0 Å². The maximum atomic E-state index is 12.7. The number of rotatable bonds is 7. The minimum Gasteiger partial charge on any atom is -0.490 e. The van der Waals surface area contributed by atoms with Gasteiger partial charge in [-0.2, -0.15) is 8.78 Å². The summed E-state index contributed by atoms with van der Waals surface area (Å²) in [4.78, 5) is 6.67. The molecule has 0 aliphatic carbocycles. The highest BCUT2D eigenvalue weighted by Gasteiger charge is 2.27. The summed E-state index contributed by atoms with van der Waals surface area (Å²) in [7, 11) is 0. The number of ether oxygens (including phenoxy) is 2. The molecule has 7 heteroatoms. The van der Waals surface area contributed by atoms with Crippen LogP contribution in [0, 0.1) is 6.92 Å². The maximum Gasteiger partial charge on any atom is 0.387 e. The molecule has 5 nitrogen and oxygen atoms in total. The zero-order valence-electron chi connectivity index (χ0n) is 16.3. The lowest BCUT2D eigenvalue weighted by Gasteiger charge is -2.37. The maximum absolute atomic E-state index is 12.7. The lowest BCUT2D eigenvalue weighted by Crippen LogP contribution is -2.41. The molecule has 3 rings (SSSR count). The van der Waals surface area contributed by atoms with Gasteiger partial charge in [0.2, 0.25) is 0 Å². The number of halogens is 2. The van der Waals surface area contributed by atoms with Crippen LogP contribution in [0.25, 0.3) is 0 Å². The van der Waals surface area contributed by atoms with Gasteiger partial charge in [0.05, 0.1) is 12.6 Å². The summed E-state index contributed by atoms with van der Waals surface area (Å²) < 4.78 is 35.7. The average molecular weight is 391 g/mol. The molecule has 0 spiro atoms. The molecule has 1 aliphatic rings. The Hall–Kier alpha value is -2.25. The number of benzene rings is 1. The van der Waals surface area contributed by atoms with Crippen LogP contribution in [0.15, 0.2) is 36.5 Å². The fourth-order valence-corrected chi connectivity index (χ4v) is 3.69. The van der Waals surface area contributed by atoms with E-state index in [4.69, 9.17) is 10.5 Å². The summed E-state index contributed by atoms with van der Waals surface area (Å²) >= 11 is 0. The highest BCUT2D eigenvalue weighted by atomic mass is 19.3. The first kappa shape index (κ1) is 20.5. The molecule has 2 N–H and O–H groups in total. The van der Waals surface area contributed by atoms with E-state index in [1.54, 1.807) is 18.3 Å². The number of pyridine rings is 1. The van der Waals surface area contributed by atoms with E-state index >= 15 is 0 Å². The number of hydrogen-bond acceptors (Lipinski definition) is 5. The van der Waals surface area contributed by atoms with Gasteiger partial charge in [-0.25, -0.2) is 0 Å². The first-order valence-electron chi connectivity index (χ1n) is 9.61. The van der Waals surface area contributed by atoms with Crippen LogP contribution < -0.4 is 15.2 Å². The van der Waals surface area contributed by atoms with E-state index in [-0.39, 0.29) is 17.8 Å². The van der Waals surface area contributed by atoms with E-state index in [9.17, 15) is 8.78 Å². The van der Waals surface area contributed by atoms with Crippen molar-refractivity contribution < 1.29 is 18.3 Å². The van der Waals surface area contributed by atoms with Gasteiger partial charge in [0.1, 0.15) is 0 Å². The topological polar surface area (TPSA) is 60.6 Å². The molecular weight excluding hydrogens is 364 g/mol. The lowest BCUT2D eigenvalue weighted by molar-refractivity contribution is -0.0514. The predicted molar refractivity (Wildman–Crippen MR) is 104 cm³/mol. The fourth-order valence-electron chi connectivity index (χ4n) is 3.69. The van der Waals surface area contributed by atoms with Crippen LogP contribution in [0.4, 0.5) is 8.78 Å². The molecule has 0 saturated carbocycles. The van der Waals surface area contributed by atoms with Crippen LogP contribution in [0.5, 0.6) is 11.5 Å². The largest absolute Gasteiger partial charge is 0.490 e. The minimum atomic E-state index is -2.90. The Kier molecular flexibility index (Phi) is 6.80. The number of nitrogens with two attached hydrogens (primary N) is 1. The van der Waals surface area contributed by atoms with E-state index in [1.807, 2.05) is 26.0 Å². The van der Waals surface area contributed by atoms with E-state index in [0.717, 1.165) is 42.8 Å². The molecule has 1 fully saturated rings. The number of aryl methyl sites for hydroxylation is 1. The fraction of sp³-hybridized carbons (Fsp3) is 0.476. The van der Waals surface area contributed by atoms with Crippen LogP contribution in [-0.2, 0) is 0 Å². The van der Waals surface area contributed by atoms with Gasteiger partial charge in [0.25, 0.3) is 0 Å². The summed E-state index contributed by atoms with van der Waals surface area (Å²) in [5.41, 5.74) is 9.08. The lowest BCUT2D eigenvalue weighted by atomic mass is 9.94. The number of hydrogen-bond donors (Lipinski definition) is 1. The quantitative estimate of drug-likeness (QED) is 0.776. The number of nitrogens with zero attached hydrogens (tertiary/aromatic N) is 2. The normalized spacial score (nSPS) is 16.9. The van der Waals surface area contributed by atoms with Gasteiger partial charge in [-0.15, -0.1) is 0 Å². The van der Waals surface area contributed by atoms with Crippen LogP contribution in [0.3, 0.4) is 0 Å². The number of aromatic nitrogens is 1. The second kappa shape index (κ2) is 9.30. The Morgan fingerprint density at radius 3 is 2.50 bits per heavy atom. The molecule has 152 valence electrons. The van der Waals surface area contributed by atoms with Crippen molar-refractivity contribution in [3.63, 3.8) is 0 Å². The summed E-state index contributed by atoms with van der Waals surface area (Å²) in [5, 5.41) is 0. The third kappa shape index (κ3) is 4.97. The van der Waals surface area contributed by atoms with Crippen molar-refractivity contribution >= 4 is 0 Å². The monoisotopic (exact) mass is 391 g/mol. The Bertz CT molecular complexity index is 780. The summed E-state index contributed by atoms with van der Waals surface area (Å²) in [6.07, 6.45) is 3.64. The van der Waals surface area contributed by atoms with Crippen molar-refractivity contribution in [3.05, 3.63) is 53.3 Å². The zero-order valence-corrected chi connectivity index (χ0v) is 16.3. The van der Waals surface area contributed by atoms with Crippen LogP contribution in [-0.4, -0.2) is 42.2 Å². The van der Waals surface area contributed by atoms with Crippen molar-refractivity contribution in [3.8, 4) is 11.5 Å². The molecule has 1 aromatic heterocycles. The molecular formula is C21H27F2N3O2. The van der Waals surface area contributed by atoms with Crippen molar-refractivity contribution in [2.24, 2.45) is 5.73 Å². The first-order chi connectivity index (χ1) is 13.5. The Labute approximate surface area is 164 Å². The molecule has 1 unspecified atom stereocenters. The molecule has 0 amide bonds. The first-order valence-corrected chi connectivity index (χ1v) is 9.61. The van der Waals surface area contributed by atoms with Gasteiger partial charge in [0.15, 0.2) is 11.5 Å². The third-order valence-corrected chi connectivity index (χ3v) is 4.98. The average Bonchev–Trinajstić information content (AvgIpc) is 2.65. The van der Waals surface area contributed by atoms with Crippen LogP contribution in [0.1, 0.15) is 42.6 Å². The van der Waals surface area contributed by atoms with Gasteiger partial charge in [-0.1, -0.05) is 6.07 Å². The highest BCUT2D eigenvalue weighted by Crippen LogP contribution is 2.37. The molecule has 2 heterocycles. The van der Waals surface area contributed by atoms with Gasteiger partial charge in [0, 0.05) is 31.0 Å². The van der Waals surface area contributed by atoms with Crippen molar-refractivity contribution in [2.45, 2.75) is 45.4 Å². The highest BCUT2D eigenvalue weighted by molar-refractivity contribution is 5.46. The van der Waals surface area contributed by atoms with Crippen LogP contribution in [0.2, 0.25) is 0 Å². The summed E-state index contributed by atoms with van der Waals surface area (Å²) in [6, 6.07) is 9.43. The molecule has 1 aromatic carbocycles. The molecule has 1 aliphatic heterocycles. The molecule has 0 bridgehead atoms. The van der Waals surface area contributed by atoms with Crippen molar-refractivity contribution in [1.29, 1.82) is 0 Å². The molecule has 1 atom stereocenters. The van der Waals surface area contributed by atoms with E-state index in [0.29, 0.717) is 12.4 Å². The third-order valence-electron chi connectivity index (χ3n) is 4.98. The van der Waals surface area contributed by atoms with Gasteiger partial charge in [-0.05, 0) is 62.1 Å². The number of alkyl halides is 2. The second-order valence-corrected chi connectivity index (χ2v) is 7.02. The Morgan fingerprint density at radius 2 is 1.86 bits per heavy atom. The standard InChI is InChI=1S/C21H27F2N3O2/c1-3-27-19-13-15(4-5-18(19)28-21(22)23)20(16-6-9-25-14(2)12-16)26-10-7-17(24)8-11-26/h4-6,9,12-13,17,20-21H,3,7-8,10-11,24H2,1-2H3. The molecule has 28 heavy (non-hydrogen) atoms.